The zero-order valence-electron chi connectivity index (χ0n) is 11.7. The zero-order valence-corrected chi connectivity index (χ0v) is 12.5. The van der Waals surface area contributed by atoms with Crippen LogP contribution in [-0.4, -0.2) is 64.0 Å². The van der Waals surface area contributed by atoms with E-state index >= 15 is 0 Å². The van der Waals surface area contributed by atoms with Gasteiger partial charge in [0.05, 0.1) is 6.61 Å². The van der Waals surface area contributed by atoms with Crippen molar-refractivity contribution in [1.82, 2.24) is 19.2 Å². The standard InChI is InChI=1S/C13H16N4O3S/c1-2-20-13(19)16-5-3-15(4-6-16)11(18)10-9-17-7-8-21-12(17)14-10/h7-9H,2-6H2,1H3. The number of piperazine rings is 1. The van der Waals surface area contributed by atoms with Crippen molar-refractivity contribution in [3.63, 3.8) is 0 Å². The van der Waals surface area contributed by atoms with Crippen LogP contribution in [0.3, 0.4) is 0 Å². The summed E-state index contributed by atoms with van der Waals surface area (Å²) in [6.45, 7) is 4.14. The van der Waals surface area contributed by atoms with E-state index in [1.807, 2.05) is 16.0 Å². The Bertz CT molecular complexity index is 629. The minimum atomic E-state index is -0.313. The molecular formula is C13H16N4O3S. The van der Waals surface area contributed by atoms with Gasteiger partial charge in [-0.25, -0.2) is 9.78 Å². The fourth-order valence-corrected chi connectivity index (χ4v) is 3.00. The Kier molecular flexibility index (Phi) is 3.78. The first-order chi connectivity index (χ1) is 10.2. The molecule has 0 unspecified atom stereocenters. The number of thiazole rings is 1. The Labute approximate surface area is 125 Å². The third-order valence-corrected chi connectivity index (χ3v) is 4.18. The molecule has 21 heavy (non-hydrogen) atoms. The lowest BCUT2D eigenvalue weighted by Crippen LogP contribution is -2.50. The first-order valence-corrected chi connectivity index (χ1v) is 7.70. The Morgan fingerprint density at radius 3 is 2.67 bits per heavy atom. The van der Waals surface area contributed by atoms with Crippen LogP contribution in [0.5, 0.6) is 0 Å². The molecule has 1 aliphatic heterocycles. The van der Waals surface area contributed by atoms with E-state index in [0.717, 1.165) is 4.96 Å². The summed E-state index contributed by atoms with van der Waals surface area (Å²) in [7, 11) is 0. The number of hydrogen-bond donors (Lipinski definition) is 0. The summed E-state index contributed by atoms with van der Waals surface area (Å²) < 4.78 is 6.80. The van der Waals surface area contributed by atoms with Crippen LogP contribution in [0.1, 0.15) is 17.4 Å². The lowest BCUT2D eigenvalue weighted by molar-refractivity contribution is 0.0566. The number of ether oxygens (including phenoxy) is 1. The molecule has 2 amide bonds. The Balaban J connectivity index is 1.62. The first-order valence-electron chi connectivity index (χ1n) is 6.82. The van der Waals surface area contributed by atoms with E-state index in [4.69, 9.17) is 4.74 Å². The van der Waals surface area contributed by atoms with Gasteiger partial charge in [0.25, 0.3) is 5.91 Å². The molecule has 7 nitrogen and oxygen atoms in total. The number of carbonyl (C=O) groups excluding carboxylic acids is 2. The van der Waals surface area contributed by atoms with E-state index in [-0.39, 0.29) is 12.0 Å². The second-order valence-electron chi connectivity index (χ2n) is 4.70. The Morgan fingerprint density at radius 2 is 2.00 bits per heavy atom. The molecule has 0 aliphatic carbocycles. The van der Waals surface area contributed by atoms with Crippen molar-refractivity contribution in [2.45, 2.75) is 6.92 Å². The van der Waals surface area contributed by atoms with Crippen LogP contribution in [0.15, 0.2) is 17.8 Å². The summed E-state index contributed by atoms with van der Waals surface area (Å²) in [6.07, 6.45) is 3.31. The van der Waals surface area contributed by atoms with E-state index in [2.05, 4.69) is 4.98 Å². The number of amides is 2. The molecule has 1 aliphatic rings. The van der Waals surface area contributed by atoms with E-state index in [9.17, 15) is 9.59 Å². The number of fused-ring (bicyclic) bond motifs is 1. The average Bonchev–Trinajstić information content (AvgIpc) is 3.08. The Hall–Kier alpha value is -2.09. The van der Waals surface area contributed by atoms with E-state index in [0.29, 0.717) is 38.5 Å². The molecule has 112 valence electrons. The van der Waals surface area contributed by atoms with Crippen molar-refractivity contribution >= 4 is 28.3 Å². The molecule has 0 N–H and O–H groups in total. The molecule has 3 heterocycles. The highest BCUT2D eigenvalue weighted by Crippen LogP contribution is 2.14. The molecule has 2 aromatic heterocycles. The number of imidazole rings is 1. The van der Waals surface area contributed by atoms with Gasteiger partial charge >= 0.3 is 6.09 Å². The summed E-state index contributed by atoms with van der Waals surface area (Å²) in [5, 5.41) is 1.93. The van der Waals surface area contributed by atoms with Crippen molar-refractivity contribution in [2.24, 2.45) is 0 Å². The highest BCUT2D eigenvalue weighted by Gasteiger charge is 2.26. The first kappa shape index (κ1) is 13.9. The van der Waals surface area contributed by atoms with Gasteiger partial charge in [-0.3, -0.25) is 9.20 Å². The SMILES string of the molecule is CCOC(=O)N1CCN(C(=O)c2cn3ccsc3n2)CC1. The van der Waals surface area contributed by atoms with Gasteiger partial charge in [-0.05, 0) is 6.92 Å². The highest BCUT2D eigenvalue weighted by molar-refractivity contribution is 7.15. The largest absolute Gasteiger partial charge is 0.450 e. The van der Waals surface area contributed by atoms with Gasteiger partial charge in [-0.15, -0.1) is 11.3 Å². The third-order valence-electron chi connectivity index (χ3n) is 3.41. The normalized spacial score (nSPS) is 15.5. The second-order valence-corrected chi connectivity index (χ2v) is 5.57. The van der Waals surface area contributed by atoms with E-state index in [1.165, 1.54) is 11.3 Å². The van der Waals surface area contributed by atoms with E-state index < -0.39 is 0 Å². The molecule has 3 rings (SSSR count). The topological polar surface area (TPSA) is 67.2 Å². The average molecular weight is 308 g/mol. The molecule has 2 aromatic rings. The highest BCUT2D eigenvalue weighted by atomic mass is 32.1. The van der Waals surface area contributed by atoms with Gasteiger partial charge in [0.15, 0.2) is 4.96 Å². The van der Waals surface area contributed by atoms with Crippen molar-refractivity contribution in [1.29, 1.82) is 0 Å². The van der Waals surface area contributed by atoms with Crippen LogP contribution in [0, 0.1) is 0 Å². The van der Waals surface area contributed by atoms with Crippen molar-refractivity contribution in [2.75, 3.05) is 32.8 Å². The summed E-state index contributed by atoms with van der Waals surface area (Å²) in [4.78, 5) is 32.5. The second kappa shape index (κ2) is 5.72. The molecule has 0 radical (unpaired) electrons. The number of carbonyl (C=O) groups is 2. The summed E-state index contributed by atoms with van der Waals surface area (Å²) in [5.41, 5.74) is 0.450. The molecule has 0 aromatic carbocycles. The van der Waals surface area contributed by atoms with Gasteiger partial charge in [-0.1, -0.05) is 0 Å². The molecule has 1 fully saturated rings. The maximum atomic E-state index is 12.4. The predicted octanol–water partition coefficient (Wildman–Crippen LogP) is 1.31. The maximum Gasteiger partial charge on any atom is 0.409 e. The molecule has 8 heteroatoms. The lowest BCUT2D eigenvalue weighted by atomic mass is 10.3. The van der Waals surface area contributed by atoms with Crippen molar-refractivity contribution in [3.05, 3.63) is 23.5 Å². The fraction of sp³-hybridized carbons (Fsp3) is 0.462. The van der Waals surface area contributed by atoms with Gasteiger partial charge in [0.1, 0.15) is 5.69 Å². The molecule has 0 spiro atoms. The van der Waals surface area contributed by atoms with Crippen LogP contribution >= 0.6 is 11.3 Å². The number of nitrogens with zero attached hydrogens (tertiary/aromatic N) is 4. The summed E-state index contributed by atoms with van der Waals surface area (Å²) in [6, 6.07) is 0. The molecule has 0 atom stereocenters. The Morgan fingerprint density at radius 1 is 1.29 bits per heavy atom. The molecular weight excluding hydrogens is 292 g/mol. The van der Waals surface area contributed by atoms with Gasteiger partial charge in [0.2, 0.25) is 0 Å². The molecule has 0 saturated carbocycles. The zero-order chi connectivity index (χ0) is 14.8. The summed E-state index contributed by atoms with van der Waals surface area (Å²) >= 11 is 1.49. The minimum absolute atomic E-state index is 0.0885. The van der Waals surface area contributed by atoms with Crippen LogP contribution < -0.4 is 0 Å². The van der Waals surface area contributed by atoms with Crippen LogP contribution in [-0.2, 0) is 4.74 Å². The van der Waals surface area contributed by atoms with Gasteiger partial charge in [-0.2, -0.15) is 0 Å². The monoisotopic (exact) mass is 308 g/mol. The fourth-order valence-electron chi connectivity index (χ4n) is 2.30. The predicted molar refractivity (Wildman–Crippen MR) is 77.6 cm³/mol. The van der Waals surface area contributed by atoms with Crippen LogP contribution in [0.25, 0.3) is 4.96 Å². The van der Waals surface area contributed by atoms with Crippen LogP contribution in [0.2, 0.25) is 0 Å². The number of hydrogen-bond acceptors (Lipinski definition) is 5. The smallest absolute Gasteiger partial charge is 0.409 e. The van der Waals surface area contributed by atoms with Crippen LogP contribution in [0.4, 0.5) is 4.79 Å². The quantitative estimate of drug-likeness (QED) is 0.839. The molecule has 1 saturated heterocycles. The minimum Gasteiger partial charge on any atom is -0.450 e. The van der Waals surface area contributed by atoms with Crippen molar-refractivity contribution < 1.29 is 14.3 Å². The summed E-state index contributed by atoms with van der Waals surface area (Å²) in [5.74, 6) is -0.0885. The third kappa shape index (κ3) is 2.71. The van der Waals surface area contributed by atoms with Crippen molar-refractivity contribution in [3.8, 4) is 0 Å². The lowest BCUT2D eigenvalue weighted by Gasteiger charge is -2.33. The van der Waals surface area contributed by atoms with Gasteiger partial charge in [0, 0.05) is 44.0 Å². The number of rotatable bonds is 2. The van der Waals surface area contributed by atoms with Gasteiger partial charge < -0.3 is 14.5 Å². The number of aromatic nitrogens is 2. The molecule has 0 bridgehead atoms. The van der Waals surface area contributed by atoms with E-state index in [1.54, 1.807) is 22.9 Å². The maximum absolute atomic E-state index is 12.4.